The molecule has 5 nitrogen and oxygen atoms in total. The van der Waals surface area contributed by atoms with Crippen LogP contribution < -0.4 is 10.5 Å². The molecule has 0 unspecified atom stereocenters. The van der Waals surface area contributed by atoms with Crippen LogP contribution in [0.1, 0.15) is 13.3 Å². The van der Waals surface area contributed by atoms with Gasteiger partial charge >= 0.3 is 0 Å². The lowest BCUT2D eigenvalue weighted by Crippen LogP contribution is -2.37. The van der Waals surface area contributed by atoms with Crippen LogP contribution in [0.3, 0.4) is 0 Å². The van der Waals surface area contributed by atoms with Crippen LogP contribution in [-0.4, -0.2) is 26.2 Å². The summed E-state index contributed by atoms with van der Waals surface area (Å²) in [5, 5.41) is 9.26. The smallest absolute Gasteiger partial charge is 0.242 e. The van der Waals surface area contributed by atoms with Gasteiger partial charge in [0.1, 0.15) is 0 Å². The lowest BCUT2D eigenvalue weighted by atomic mass is 10.3. The van der Waals surface area contributed by atoms with E-state index >= 15 is 0 Å². The highest BCUT2D eigenvalue weighted by atomic mass is 79.9. The summed E-state index contributed by atoms with van der Waals surface area (Å²) in [5.74, 6) is 0. The topological polar surface area (TPSA) is 92.4 Å². The summed E-state index contributed by atoms with van der Waals surface area (Å²) in [5.41, 5.74) is 5.88. The predicted octanol–water partition coefficient (Wildman–Crippen LogP) is 1.73. The zero-order chi connectivity index (χ0) is 13.9. The van der Waals surface area contributed by atoms with Crippen molar-refractivity contribution in [2.24, 2.45) is 0 Å². The van der Waals surface area contributed by atoms with E-state index in [1.165, 1.54) is 12.1 Å². The number of sulfonamides is 1. The van der Waals surface area contributed by atoms with Gasteiger partial charge in [-0.15, -0.1) is 0 Å². The number of hydrogen-bond acceptors (Lipinski definition) is 4. The molecule has 1 aromatic carbocycles. The first kappa shape index (κ1) is 15.7. The second-order valence-electron chi connectivity index (χ2n) is 3.72. The first-order valence-corrected chi connectivity index (χ1v) is 7.85. The van der Waals surface area contributed by atoms with Crippen molar-refractivity contribution in [2.45, 2.75) is 24.3 Å². The third-order valence-electron chi connectivity index (χ3n) is 2.36. The summed E-state index contributed by atoms with van der Waals surface area (Å²) < 4.78 is 26.9. The summed E-state index contributed by atoms with van der Waals surface area (Å²) in [6.45, 7) is 1.49. The van der Waals surface area contributed by atoms with Gasteiger partial charge in [-0.2, -0.15) is 0 Å². The van der Waals surface area contributed by atoms with Crippen LogP contribution >= 0.6 is 27.5 Å². The van der Waals surface area contributed by atoms with Crippen LogP contribution in [0.2, 0.25) is 5.02 Å². The molecule has 0 amide bonds. The van der Waals surface area contributed by atoms with Gasteiger partial charge in [0.2, 0.25) is 10.0 Å². The van der Waals surface area contributed by atoms with Crippen molar-refractivity contribution in [1.82, 2.24) is 4.72 Å². The average Bonchev–Trinajstić information content (AvgIpc) is 2.30. The normalized spacial score (nSPS) is 13.6. The maximum atomic E-state index is 12.1. The molecule has 8 heteroatoms. The van der Waals surface area contributed by atoms with Crippen molar-refractivity contribution in [1.29, 1.82) is 0 Å². The van der Waals surface area contributed by atoms with E-state index < -0.39 is 16.1 Å². The van der Waals surface area contributed by atoms with Crippen molar-refractivity contribution in [2.75, 3.05) is 12.3 Å². The van der Waals surface area contributed by atoms with Gasteiger partial charge in [-0.25, -0.2) is 13.1 Å². The Hall–Kier alpha value is -0.340. The van der Waals surface area contributed by atoms with E-state index in [-0.39, 0.29) is 26.7 Å². The number of nitrogen functional groups attached to an aromatic ring is 1. The van der Waals surface area contributed by atoms with Crippen molar-refractivity contribution in [3.05, 3.63) is 21.6 Å². The molecule has 0 saturated heterocycles. The second kappa shape index (κ2) is 6.21. The van der Waals surface area contributed by atoms with Gasteiger partial charge in [0, 0.05) is 16.8 Å². The summed E-state index contributed by atoms with van der Waals surface area (Å²) >= 11 is 8.91. The molecule has 1 aromatic rings. The Labute approximate surface area is 120 Å². The maximum absolute atomic E-state index is 12.1. The highest BCUT2D eigenvalue weighted by Gasteiger charge is 2.22. The molecule has 4 N–H and O–H groups in total. The first-order valence-electron chi connectivity index (χ1n) is 5.19. The number of nitrogens with two attached hydrogens (primary N) is 1. The molecule has 0 aliphatic rings. The minimum absolute atomic E-state index is 0.0422. The van der Waals surface area contributed by atoms with E-state index in [1.807, 2.05) is 0 Å². The number of aliphatic hydroxyl groups excluding tert-OH is 1. The van der Waals surface area contributed by atoms with Gasteiger partial charge < -0.3 is 10.8 Å². The molecule has 0 aliphatic carbocycles. The summed E-state index contributed by atoms with van der Waals surface area (Å²) in [6, 6.07) is 2.21. The lowest BCUT2D eigenvalue weighted by molar-refractivity contribution is 0.254. The second-order valence-corrected chi connectivity index (χ2v) is 6.63. The van der Waals surface area contributed by atoms with Gasteiger partial charge in [-0.3, -0.25) is 0 Å². The van der Waals surface area contributed by atoms with E-state index in [1.54, 1.807) is 6.92 Å². The Kier molecular flexibility index (Phi) is 5.42. The van der Waals surface area contributed by atoms with Crippen LogP contribution in [0.25, 0.3) is 0 Å². The van der Waals surface area contributed by atoms with Crippen LogP contribution in [0.15, 0.2) is 21.5 Å². The van der Waals surface area contributed by atoms with Crippen LogP contribution in [-0.2, 0) is 10.0 Å². The number of benzene rings is 1. The molecular weight excluding hydrogens is 344 g/mol. The third kappa shape index (κ3) is 3.58. The zero-order valence-corrected chi connectivity index (χ0v) is 12.8. The van der Waals surface area contributed by atoms with Crippen LogP contribution in [0, 0.1) is 0 Å². The van der Waals surface area contributed by atoms with Crippen LogP contribution in [0.4, 0.5) is 5.69 Å². The fourth-order valence-electron chi connectivity index (χ4n) is 1.31. The van der Waals surface area contributed by atoms with Crippen LogP contribution in [0.5, 0.6) is 0 Å². The largest absolute Gasteiger partial charge is 0.398 e. The molecule has 0 aliphatic heterocycles. The Bertz CT molecular complexity index is 532. The van der Waals surface area contributed by atoms with Crippen molar-refractivity contribution in [3.8, 4) is 0 Å². The molecule has 0 fully saturated rings. The molecule has 1 atom stereocenters. The van der Waals surface area contributed by atoms with Gasteiger partial charge in [-0.05, 0) is 34.5 Å². The van der Waals surface area contributed by atoms with E-state index in [0.29, 0.717) is 6.42 Å². The molecule has 0 heterocycles. The van der Waals surface area contributed by atoms with Gasteiger partial charge in [-0.1, -0.05) is 18.5 Å². The molecule has 1 rings (SSSR count). The number of halogens is 2. The Morgan fingerprint density at radius 2 is 2.17 bits per heavy atom. The monoisotopic (exact) mass is 356 g/mol. The highest BCUT2D eigenvalue weighted by molar-refractivity contribution is 9.10. The van der Waals surface area contributed by atoms with Gasteiger partial charge in [0.05, 0.1) is 16.0 Å². The standard InChI is InChI=1S/C10H14BrClN2O3S/c1-2-7(5-15)14-18(16,17)9-4-6(12)3-8(13)10(9)11/h3-4,7,14-15H,2,5,13H2,1H3/t7-/m0/s1. The zero-order valence-electron chi connectivity index (χ0n) is 9.65. The number of rotatable bonds is 5. The lowest BCUT2D eigenvalue weighted by Gasteiger charge is -2.16. The van der Waals surface area contributed by atoms with Crippen molar-refractivity contribution in [3.63, 3.8) is 0 Å². The molecule has 0 spiro atoms. The molecule has 0 saturated carbocycles. The Balaban J connectivity index is 3.20. The fraction of sp³-hybridized carbons (Fsp3) is 0.400. The first-order chi connectivity index (χ1) is 8.31. The molecule has 0 bridgehead atoms. The third-order valence-corrected chi connectivity index (χ3v) is 5.27. The number of nitrogens with one attached hydrogen (secondary N) is 1. The molecule has 18 heavy (non-hydrogen) atoms. The van der Waals surface area contributed by atoms with Gasteiger partial charge in [0.15, 0.2) is 0 Å². The number of anilines is 1. The molecule has 102 valence electrons. The predicted molar refractivity (Wildman–Crippen MR) is 75.1 cm³/mol. The van der Waals surface area contributed by atoms with Gasteiger partial charge in [0.25, 0.3) is 0 Å². The molecular formula is C10H14BrClN2O3S. The van der Waals surface area contributed by atoms with Crippen molar-refractivity contribution < 1.29 is 13.5 Å². The molecule has 0 radical (unpaired) electrons. The number of aliphatic hydroxyl groups is 1. The minimum Gasteiger partial charge on any atom is -0.398 e. The highest BCUT2D eigenvalue weighted by Crippen LogP contribution is 2.31. The SMILES string of the molecule is CC[C@@H](CO)NS(=O)(=O)c1cc(Cl)cc(N)c1Br. The minimum atomic E-state index is -3.78. The Morgan fingerprint density at radius 3 is 2.67 bits per heavy atom. The quantitative estimate of drug-likeness (QED) is 0.700. The number of hydrogen-bond donors (Lipinski definition) is 3. The summed E-state index contributed by atoms with van der Waals surface area (Å²) in [6.07, 6.45) is 0.476. The fourth-order valence-corrected chi connectivity index (χ4v) is 3.92. The van der Waals surface area contributed by atoms with Crippen molar-refractivity contribution >= 4 is 43.2 Å². The molecule has 0 aromatic heterocycles. The maximum Gasteiger partial charge on any atom is 0.242 e. The van der Waals surface area contributed by atoms with E-state index in [4.69, 9.17) is 22.4 Å². The van der Waals surface area contributed by atoms with E-state index in [2.05, 4.69) is 20.7 Å². The Morgan fingerprint density at radius 1 is 1.56 bits per heavy atom. The average molecular weight is 358 g/mol. The summed E-state index contributed by atoms with van der Waals surface area (Å²) in [4.78, 5) is -0.0422. The van der Waals surface area contributed by atoms with E-state index in [9.17, 15) is 8.42 Å². The summed E-state index contributed by atoms with van der Waals surface area (Å²) in [7, 11) is -3.78. The van der Waals surface area contributed by atoms with E-state index in [0.717, 1.165) is 0 Å².